The zero-order chi connectivity index (χ0) is 12.6. The number of fused-ring (bicyclic) bond motifs is 12. The minimum Gasteiger partial charge on any atom is -0.158 e. The Balaban J connectivity index is 1.40. The molecule has 5 saturated carbocycles. The lowest BCUT2D eigenvalue weighted by molar-refractivity contribution is 0.0741. The van der Waals surface area contributed by atoms with E-state index in [2.05, 4.69) is 18.7 Å². The van der Waals surface area contributed by atoms with Crippen molar-refractivity contribution in [2.24, 2.45) is 47.3 Å². The van der Waals surface area contributed by atoms with Gasteiger partial charge in [-0.25, -0.2) is 0 Å². The molecule has 1 heteroatoms. The quantitative estimate of drug-likeness (QED) is 0.665. The van der Waals surface area contributed by atoms with Crippen LogP contribution in [0.5, 0.6) is 0 Å². The Morgan fingerprint density at radius 3 is 2.42 bits per heavy atom. The first kappa shape index (κ1) is 12.0. The molecule has 0 aromatic heterocycles. The van der Waals surface area contributed by atoms with Crippen LogP contribution in [0.2, 0.25) is 0 Å². The molecule has 0 aromatic rings. The highest BCUT2D eigenvalue weighted by Gasteiger charge is 2.67. The molecule has 5 fully saturated rings. The van der Waals surface area contributed by atoms with Crippen molar-refractivity contribution >= 4 is 11.8 Å². The molecule has 0 spiro atoms. The van der Waals surface area contributed by atoms with Crippen molar-refractivity contribution in [3.8, 4) is 0 Å². The average Bonchev–Trinajstić information content (AvgIpc) is 3.13. The van der Waals surface area contributed by atoms with E-state index in [9.17, 15) is 0 Å². The first-order chi connectivity index (χ1) is 9.38. The van der Waals surface area contributed by atoms with Crippen LogP contribution in [-0.4, -0.2) is 11.0 Å². The summed E-state index contributed by atoms with van der Waals surface area (Å²) in [5.41, 5.74) is 0. The van der Waals surface area contributed by atoms with E-state index in [0.717, 1.165) is 11.2 Å². The van der Waals surface area contributed by atoms with E-state index >= 15 is 0 Å². The minimum absolute atomic E-state index is 1.07. The number of hydrogen-bond acceptors (Lipinski definition) is 1. The molecule has 0 radical (unpaired) electrons. The van der Waals surface area contributed by atoms with Gasteiger partial charge in [-0.15, -0.1) is 0 Å². The molecule has 5 aliphatic rings. The fraction of sp³-hybridized carbons (Fsp3) is 1.00. The minimum atomic E-state index is 1.07. The van der Waals surface area contributed by atoms with Gasteiger partial charge in [0.2, 0.25) is 0 Å². The molecule has 106 valence electrons. The van der Waals surface area contributed by atoms with Gasteiger partial charge in [0.1, 0.15) is 0 Å². The number of rotatable bonds is 3. The van der Waals surface area contributed by atoms with Crippen molar-refractivity contribution in [1.82, 2.24) is 0 Å². The Hall–Kier alpha value is 0.350. The highest BCUT2D eigenvalue weighted by molar-refractivity contribution is 7.99. The summed E-state index contributed by atoms with van der Waals surface area (Å²) in [4.78, 5) is 0. The van der Waals surface area contributed by atoms with Crippen LogP contribution in [0.1, 0.15) is 51.9 Å². The van der Waals surface area contributed by atoms with Crippen molar-refractivity contribution in [3.63, 3.8) is 0 Å². The summed E-state index contributed by atoms with van der Waals surface area (Å²) in [5.74, 6) is 11.0. The molecule has 8 unspecified atom stereocenters. The predicted octanol–water partition coefficient (Wildman–Crippen LogP) is 4.84. The van der Waals surface area contributed by atoms with Crippen LogP contribution >= 0.6 is 11.8 Å². The van der Waals surface area contributed by atoms with Gasteiger partial charge in [0.25, 0.3) is 0 Å². The van der Waals surface area contributed by atoms with E-state index in [4.69, 9.17) is 0 Å². The molecule has 9 atom stereocenters. The summed E-state index contributed by atoms with van der Waals surface area (Å²) in [6.07, 6.45) is 11.1. The molecular formula is C18H28S. The summed E-state index contributed by atoms with van der Waals surface area (Å²) in [7, 11) is 0. The first-order valence-corrected chi connectivity index (χ1v) is 10.0. The van der Waals surface area contributed by atoms with Gasteiger partial charge < -0.3 is 0 Å². The van der Waals surface area contributed by atoms with Crippen LogP contribution in [0.4, 0.5) is 0 Å². The Bertz CT molecular complexity index is 376. The predicted molar refractivity (Wildman–Crippen MR) is 82.2 cm³/mol. The van der Waals surface area contributed by atoms with Gasteiger partial charge in [-0.1, -0.05) is 13.3 Å². The van der Waals surface area contributed by atoms with Crippen molar-refractivity contribution in [3.05, 3.63) is 0 Å². The highest BCUT2D eigenvalue weighted by Crippen LogP contribution is 2.73. The number of thioether (sulfide) groups is 1. The van der Waals surface area contributed by atoms with Crippen LogP contribution in [-0.2, 0) is 0 Å². The standard InChI is InChI=1S/C18H28S/c1-2-6-19-16-8-10-7-15(16)18-14-9-13(17(10)18)11-4-3-5-12(11)14/h10-18H,2-9H2,1H3/t10?,11-,12?,13?,14?,15?,16?,17?,18?/m1/s1. The van der Waals surface area contributed by atoms with Crippen LogP contribution in [0.25, 0.3) is 0 Å². The average molecular weight is 276 g/mol. The molecular weight excluding hydrogens is 248 g/mol. The van der Waals surface area contributed by atoms with Gasteiger partial charge in [-0.2, -0.15) is 11.8 Å². The van der Waals surface area contributed by atoms with Crippen molar-refractivity contribution in [2.75, 3.05) is 5.75 Å². The normalized spacial score (nSPS) is 60.8. The van der Waals surface area contributed by atoms with E-state index in [1.807, 2.05) is 0 Å². The molecule has 5 aliphatic carbocycles. The molecule has 0 amide bonds. The first-order valence-electron chi connectivity index (χ1n) is 9.00. The fourth-order valence-electron chi connectivity index (χ4n) is 7.72. The third-order valence-electron chi connectivity index (χ3n) is 7.86. The van der Waals surface area contributed by atoms with Gasteiger partial charge >= 0.3 is 0 Å². The molecule has 0 N–H and O–H groups in total. The molecule has 19 heavy (non-hydrogen) atoms. The van der Waals surface area contributed by atoms with Gasteiger partial charge in [-0.3, -0.25) is 0 Å². The van der Waals surface area contributed by atoms with Crippen LogP contribution in [0, 0.1) is 47.3 Å². The molecule has 4 bridgehead atoms. The molecule has 0 heterocycles. The number of hydrogen-bond donors (Lipinski definition) is 0. The molecule has 5 rings (SSSR count). The topological polar surface area (TPSA) is 0 Å². The molecule has 0 aromatic carbocycles. The molecule has 0 saturated heterocycles. The summed E-state index contributed by atoms with van der Waals surface area (Å²) >= 11 is 2.35. The molecule has 0 nitrogen and oxygen atoms in total. The highest BCUT2D eigenvalue weighted by atomic mass is 32.2. The maximum absolute atomic E-state index is 2.35. The van der Waals surface area contributed by atoms with Crippen LogP contribution in [0.3, 0.4) is 0 Å². The zero-order valence-corrected chi connectivity index (χ0v) is 13.1. The Morgan fingerprint density at radius 1 is 0.842 bits per heavy atom. The molecule has 0 aliphatic heterocycles. The van der Waals surface area contributed by atoms with E-state index in [1.165, 1.54) is 53.6 Å². The fourth-order valence-corrected chi connectivity index (χ4v) is 9.18. The second kappa shape index (κ2) is 4.18. The SMILES string of the molecule is CCCSC1CC2CC1C1C3CC(C21)[C@@H]1CCCC31. The van der Waals surface area contributed by atoms with E-state index in [-0.39, 0.29) is 0 Å². The van der Waals surface area contributed by atoms with E-state index in [0.29, 0.717) is 0 Å². The Kier molecular flexibility index (Phi) is 2.63. The van der Waals surface area contributed by atoms with E-state index in [1.54, 1.807) is 38.5 Å². The van der Waals surface area contributed by atoms with Gasteiger partial charge in [0.15, 0.2) is 0 Å². The summed E-state index contributed by atoms with van der Waals surface area (Å²) < 4.78 is 0. The van der Waals surface area contributed by atoms with Crippen LogP contribution in [0.15, 0.2) is 0 Å². The third-order valence-corrected chi connectivity index (χ3v) is 9.48. The second-order valence-electron chi connectivity index (χ2n) is 8.28. The van der Waals surface area contributed by atoms with Gasteiger partial charge in [0.05, 0.1) is 0 Å². The van der Waals surface area contributed by atoms with Crippen LogP contribution < -0.4 is 0 Å². The smallest absolute Gasteiger partial charge is 0.00810 e. The van der Waals surface area contributed by atoms with Gasteiger partial charge in [-0.05, 0) is 91.6 Å². The summed E-state index contributed by atoms with van der Waals surface area (Å²) in [6.45, 7) is 2.35. The Labute approximate surface area is 122 Å². The lowest BCUT2D eigenvalue weighted by atomic mass is 9.64. The Morgan fingerprint density at radius 2 is 1.63 bits per heavy atom. The summed E-state index contributed by atoms with van der Waals surface area (Å²) in [6, 6.07) is 0. The van der Waals surface area contributed by atoms with E-state index < -0.39 is 0 Å². The van der Waals surface area contributed by atoms with Crippen molar-refractivity contribution in [1.29, 1.82) is 0 Å². The van der Waals surface area contributed by atoms with Gasteiger partial charge in [0, 0.05) is 5.25 Å². The monoisotopic (exact) mass is 276 g/mol. The summed E-state index contributed by atoms with van der Waals surface area (Å²) in [5, 5.41) is 1.07. The maximum atomic E-state index is 2.35. The zero-order valence-electron chi connectivity index (χ0n) is 12.3. The van der Waals surface area contributed by atoms with Crippen molar-refractivity contribution in [2.45, 2.75) is 57.1 Å². The maximum Gasteiger partial charge on any atom is 0.00810 e. The largest absolute Gasteiger partial charge is 0.158 e. The third kappa shape index (κ3) is 1.44. The lowest BCUT2D eigenvalue weighted by Gasteiger charge is -2.43. The second-order valence-corrected chi connectivity index (χ2v) is 9.63. The lowest BCUT2D eigenvalue weighted by Crippen LogP contribution is -2.39. The van der Waals surface area contributed by atoms with Crippen molar-refractivity contribution < 1.29 is 0 Å².